The zero-order valence-corrected chi connectivity index (χ0v) is 12.3. The average Bonchev–Trinajstić information content (AvgIpc) is 2.37. The van der Waals surface area contributed by atoms with Crippen LogP contribution in [0, 0.1) is 0 Å². The van der Waals surface area contributed by atoms with Gasteiger partial charge >= 0.3 is 0 Å². The van der Waals surface area contributed by atoms with Crippen molar-refractivity contribution in [2.45, 2.75) is 26.3 Å². The molecule has 0 radical (unpaired) electrons. The lowest BCUT2D eigenvalue weighted by molar-refractivity contribution is 0.0939. The van der Waals surface area contributed by atoms with Gasteiger partial charge < -0.3 is 10.1 Å². The van der Waals surface area contributed by atoms with Gasteiger partial charge in [-0.15, -0.1) is 0 Å². The van der Waals surface area contributed by atoms with Crippen LogP contribution in [0.1, 0.15) is 30.6 Å². The Hall–Kier alpha value is -1.29. The molecule has 1 atom stereocenters. The molecule has 1 aromatic carbocycles. The Bertz CT molecular complexity index is 432. The van der Waals surface area contributed by atoms with E-state index in [1.165, 1.54) is 0 Å². The molecule has 1 aromatic rings. The molecule has 0 aromatic heterocycles. The van der Waals surface area contributed by atoms with Crippen molar-refractivity contribution in [2.75, 3.05) is 6.61 Å². The van der Waals surface area contributed by atoms with Crippen LogP contribution in [-0.2, 0) is 0 Å². The molecule has 0 aliphatic rings. The number of halogens is 1. The molecule has 1 N–H and O–H groups in total. The molecule has 98 valence electrons. The standard InChI is InChI=1S/C14H18BrNO2/c1-4-8-18-13-7-6-11(9-12(13)15)14(17)16-10(3)5-2/h4,6-7,9-10H,1,5,8H2,2-3H3,(H,16,17). The second-order valence-corrected chi connectivity index (χ2v) is 4.88. The summed E-state index contributed by atoms with van der Waals surface area (Å²) in [6.07, 6.45) is 2.59. The van der Waals surface area contributed by atoms with Crippen LogP contribution >= 0.6 is 15.9 Å². The van der Waals surface area contributed by atoms with Gasteiger partial charge in [0.05, 0.1) is 4.47 Å². The fourth-order valence-corrected chi connectivity index (χ4v) is 1.81. The van der Waals surface area contributed by atoms with E-state index >= 15 is 0 Å². The Morgan fingerprint density at radius 3 is 2.89 bits per heavy atom. The van der Waals surface area contributed by atoms with Gasteiger partial charge in [0, 0.05) is 11.6 Å². The Morgan fingerprint density at radius 2 is 2.33 bits per heavy atom. The number of benzene rings is 1. The van der Waals surface area contributed by atoms with E-state index in [-0.39, 0.29) is 11.9 Å². The van der Waals surface area contributed by atoms with Crippen molar-refractivity contribution >= 4 is 21.8 Å². The number of ether oxygens (including phenoxy) is 1. The number of nitrogens with one attached hydrogen (secondary N) is 1. The molecule has 4 heteroatoms. The van der Waals surface area contributed by atoms with E-state index < -0.39 is 0 Å². The third kappa shape index (κ3) is 4.18. The number of carbonyl (C=O) groups excluding carboxylic acids is 1. The van der Waals surface area contributed by atoms with Crippen LogP contribution in [0.3, 0.4) is 0 Å². The van der Waals surface area contributed by atoms with E-state index in [9.17, 15) is 4.79 Å². The third-order valence-corrected chi connectivity index (χ3v) is 3.16. The van der Waals surface area contributed by atoms with Gasteiger partial charge in [-0.2, -0.15) is 0 Å². The highest BCUT2D eigenvalue weighted by molar-refractivity contribution is 9.10. The van der Waals surface area contributed by atoms with Gasteiger partial charge in [-0.3, -0.25) is 4.79 Å². The maximum Gasteiger partial charge on any atom is 0.251 e. The smallest absolute Gasteiger partial charge is 0.251 e. The lowest BCUT2D eigenvalue weighted by Gasteiger charge is -2.12. The van der Waals surface area contributed by atoms with E-state index in [4.69, 9.17) is 4.74 Å². The molecule has 0 heterocycles. The predicted octanol–water partition coefficient (Wildman–Crippen LogP) is 3.54. The highest BCUT2D eigenvalue weighted by atomic mass is 79.9. The van der Waals surface area contributed by atoms with Gasteiger partial charge in [0.25, 0.3) is 5.91 Å². The maximum absolute atomic E-state index is 11.9. The Kier molecular flexibility index (Phi) is 5.92. The quantitative estimate of drug-likeness (QED) is 0.816. The molecule has 0 spiro atoms. The first-order valence-corrected chi connectivity index (χ1v) is 6.71. The largest absolute Gasteiger partial charge is 0.488 e. The summed E-state index contributed by atoms with van der Waals surface area (Å²) < 4.78 is 6.19. The van der Waals surface area contributed by atoms with Crippen LogP contribution in [0.2, 0.25) is 0 Å². The van der Waals surface area contributed by atoms with Gasteiger partial charge in [0.15, 0.2) is 0 Å². The van der Waals surface area contributed by atoms with Crippen LogP contribution in [-0.4, -0.2) is 18.6 Å². The first-order chi connectivity index (χ1) is 8.58. The highest BCUT2D eigenvalue weighted by Gasteiger charge is 2.10. The molecule has 0 saturated heterocycles. The van der Waals surface area contributed by atoms with Crippen LogP contribution in [0.4, 0.5) is 0 Å². The van der Waals surface area contributed by atoms with E-state index in [1.54, 1.807) is 24.3 Å². The lowest BCUT2D eigenvalue weighted by atomic mass is 10.2. The molecule has 1 rings (SSSR count). The van der Waals surface area contributed by atoms with E-state index in [1.807, 2.05) is 13.8 Å². The van der Waals surface area contributed by atoms with Gasteiger partial charge in [-0.1, -0.05) is 19.6 Å². The fraction of sp³-hybridized carbons (Fsp3) is 0.357. The van der Waals surface area contributed by atoms with Crippen LogP contribution in [0.5, 0.6) is 5.75 Å². The minimum atomic E-state index is -0.0691. The van der Waals surface area contributed by atoms with Gasteiger partial charge in [-0.25, -0.2) is 0 Å². The Balaban J connectivity index is 2.77. The molecule has 0 aliphatic heterocycles. The van der Waals surface area contributed by atoms with Gasteiger partial charge in [0.2, 0.25) is 0 Å². The number of hydrogen-bond donors (Lipinski definition) is 1. The van der Waals surface area contributed by atoms with E-state index in [0.29, 0.717) is 17.9 Å². The first-order valence-electron chi connectivity index (χ1n) is 5.92. The predicted molar refractivity (Wildman–Crippen MR) is 77.1 cm³/mol. The van der Waals surface area contributed by atoms with Crippen LogP contribution in [0.15, 0.2) is 35.3 Å². The first kappa shape index (κ1) is 14.8. The summed E-state index contributed by atoms with van der Waals surface area (Å²) in [5, 5.41) is 2.92. The summed E-state index contributed by atoms with van der Waals surface area (Å²) >= 11 is 3.39. The Labute approximate surface area is 116 Å². The fourth-order valence-electron chi connectivity index (χ4n) is 1.32. The minimum absolute atomic E-state index is 0.0691. The summed E-state index contributed by atoms with van der Waals surface area (Å²) in [6, 6.07) is 5.46. The van der Waals surface area contributed by atoms with Crippen molar-refractivity contribution in [3.8, 4) is 5.75 Å². The maximum atomic E-state index is 11.9. The average molecular weight is 312 g/mol. The van der Waals surface area contributed by atoms with Crippen molar-refractivity contribution < 1.29 is 9.53 Å². The van der Waals surface area contributed by atoms with Crippen LogP contribution in [0.25, 0.3) is 0 Å². The molecular formula is C14H18BrNO2. The highest BCUT2D eigenvalue weighted by Crippen LogP contribution is 2.26. The molecule has 1 unspecified atom stereocenters. The second kappa shape index (κ2) is 7.21. The normalized spacial score (nSPS) is 11.7. The Morgan fingerprint density at radius 1 is 1.61 bits per heavy atom. The van der Waals surface area contributed by atoms with Crippen molar-refractivity contribution in [1.82, 2.24) is 5.32 Å². The molecule has 0 fully saturated rings. The van der Waals surface area contributed by atoms with Crippen molar-refractivity contribution in [3.63, 3.8) is 0 Å². The summed E-state index contributed by atoms with van der Waals surface area (Å²) in [6.45, 7) is 8.05. The van der Waals surface area contributed by atoms with Crippen molar-refractivity contribution in [1.29, 1.82) is 0 Å². The lowest BCUT2D eigenvalue weighted by Crippen LogP contribution is -2.31. The molecule has 3 nitrogen and oxygen atoms in total. The topological polar surface area (TPSA) is 38.3 Å². The van der Waals surface area contributed by atoms with E-state index in [2.05, 4.69) is 27.8 Å². The molecular weight excluding hydrogens is 294 g/mol. The van der Waals surface area contributed by atoms with Crippen LogP contribution < -0.4 is 10.1 Å². The molecule has 0 saturated carbocycles. The molecule has 0 bridgehead atoms. The monoisotopic (exact) mass is 311 g/mol. The summed E-state index contributed by atoms with van der Waals surface area (Å²) in [5.74, 6) is 0.635. The van der Waals surface area contributed by atoms with Crippen molar-refractivity contribution in [3.05, 3.63) is 40.9 Å². The summed E-state index contributed by atoms with van der Waals surface area (Å²) in [5.41, 5.74) is 0.619. The zero-order chi connectivity index (χ0) is 13.5. The van der Waals surface area contributed by atoms with Gasteiger partial charge in [0.1, 0.15) is 12.4 Å². The second-order valence-electron chi connectivity index (χ2n) is 4.03. The zero-order valence-electron chi connectivity index (χ0n) is 10.7. The minimum Gasteiger partial charge on any atom is -0.488 e. The number of carbonyl (C=O) groups is 1. The summed E-state index contributed by atoms with van der Waals surface area (Å²) in [4.78, 5) is 11.9. The van der Waals surface area contributed by atoms with Crippen molar-refractivity contribution in [2.24, 2.45) is 0 Å². The van der Waals surface area contributed by atoms with E-state index in [0.717, 1.165) is 10.9 Å². The third-order valence-electron chi connectivity index (χ3n) is 2.54. The SMILES string of the molecule is C=CCOc1ccc(C(=O)NC(C)CC)cc1Br. The molecule has 0 aliphatic carbocycles. The number of amides is 1. The number of hydrogen-bond acceptors (Lipinski definition) is 2. The molecule has 1 amide bonds. The molecule has 18 heavy (non-hydrogen) atoms. The number of rotatable bonds is 6. The summed E-state index contributed by atoms with van der Waals surface area (Å²) in [7, 11) is 0. The van der Waals surface area contributed by atoms with Gasteiger partial charge in [-0.05, 0) is 47.5 Å².